The third-order valence-electron chi connectivity index (χ3n) is 2.88. The number of hydrogen-bond acceptors (Lipinski definition) is 5. The van der Waals surface area contributed by atoms with Gasteiger partial charge in [0.2, 0.25) is 0 Å². The van der Waals surface area contributed by atoms with Gasteiger partial charge in [0.05, 0.1) is 26.4 Å². The van der Waals surface area contributed by atoms with Crippen LogP contribution in [0.2, 0.25) is 5.02 Å². The molecule has 5 nitrogen and oxygen atoms in total. The summed E-state index contributed by atoms with van der Waals surface area (Å²) in [6, 6.07) is 7.67. The molecule has 0 saturated heterocycles. The lowest BCUT2D eigenvalue weighted by atomic mass is 10.3. The Balaban J connectivity index is 1.79. The molecule has 1 rings (SSSR count). The molecule has 0 bridgehead atoms. The van der Waals surface area contributed by atoms with E-state index >= 15 is 0 Å². The highest BCUT2D eigenvalue weighted by Crippen LogP contribution is 2.12. The lowest BCUT2D eigenvalue weighted by Crippen LogP contribution is -2.12. The van der Waals surface area contributed by atoms with Gasteiger partial charge in [-0.2, -0.15) is 0 Å². The van der Waals surface area contributed by atoms with Crippen LogP contribution >= 0.6 is 11.6 Å². The van der Waals surface area contributed by atoms with Crippen LogP contribution in [0.3, 0.4) is 0 Å². The fourth-order valence-electron chi connectivity index (χ4n) is 1.70. The maximum absolute atomic E-state index is 5.83. The molecule has 0 aliphatic carbocycles. The fraction of sp³-hybridized carbons (Fsp3) is 0.625. The predicted octanol–water partition coefficient (Wildman–Crippen LogP) is 2.54. The third kappa shape index (κ3) is 10.8. The van der Waals surface area contributed by atoms with Gasteiger partial charge in [-0.1, -0.05) is 11.6 Å². The second-order valence-electron chi connectivity index (χ2n) is 4.77. The van der Waals surface area contributed by atoms with Crippen molar-refractivity contribution in [1.29, 1.82) is 0 Å². The molecule has 0 aromatic heterocycles. The highest BCUT2D eigenvalue weighted by Gasteiger charge is 1.94. The summed E-state index contributed by atoms with van der Waals surface area (Å²) in [6.45, 7) is 5.40. The molecule has 0 aliphatic rings. The molecule has 0 amide bonds. The molecule has 3 N–H and O–H groups in total. The highest BCUT2D eigenvalue weighted by molar-refractivity contribution is 6.30. The standard InChI is InChI=1S/C16H27ClN2O3/c17-15-3-5-16(6-4-15)19-8-2-10-21-12-14-22-13-11-20-9-1-7-18/h3-6,19H,1-2,7-14,18H2. The van der Waals surface area contributed by atoms with Crippen molar-refractivity contribution in [1.82, 2.24) is 0 Å². The Bertz CT molecular complexity index is 363. The van der Waals surface area contributed by atoms with Crippen LogP contribution < -0.4 is 11.1 Å². The van der Waals surface area contributed by atoms with Crippen molar-refractivity contribution in [3.05, 3.63) is 29.3 Å². The Morgan fingerprint density at radius 3 is 1.95 bits per heavy atom. The zero-order valence-corrected chi connectivity index (χ0v) is 13.8. The van der Waals surface area contributed by atoms with Crippen molar-refractivity contribution in [2.45, 2.75) is 12.8 Å². The maximum atomic E-state index is 5.83. The smallest absolute Gasteiger partial charge is 0.0701 e. The monoisotopic (exact) mass is 330 g/mol. The first kappa shape index (κ1) is 19.2. The number of halogens is 1. The average molecular weight is 331 g/mol. The Morgan fingerprint density at radius 2 is 1.36 bits per heavy atom. The molecule has 126 valence electrons. The first-order valence-corrected chi connectivity index (χ1v) is 8.13. The summed E-state index contributed by atoms with van der Waals surface area (Å²) in [5.41, 5.74) is 6.43. The number of nitrogens with two attached hydrogens (primary N) is 1. The Labute approximate surface area is 138 Å². The minimum atomic E-state index is 0.602. The predicted molar refractivity (Wildman–Crippen MR) is 90.7 cm³/mol. The SMILES string of the molecule is NCCCOCCOCCOCCCNc1ccc(Cl)cc1. The zero-order valence-electron chi connectivity index (χ0n) is 13.1. The average Bonchev–Trinajstić information content (AvgIpc) is 2.53. The van der Waals surface area contributed by atoms with E-state index in [1.165, 1.54) is 0 Å². The van der Waals surface area contributed by atoms with E-state index < -0.39 is 0 Å². The summed E-state index contributed by atoms with van der Waals surface area (Å²) in [7, 11) is 0. The Hall–Kier alpha value is -0.850. The minimum Gasteiger partial charge on any atom is -0.385 e. The van der Waals surface area contributed by atoms with E-state index in [4.69, 9.17) is 31.5 Å². The van der Waals surface area contributed by atoms with Crippen molar-refractivity contribution in [2.75, 3.05) is 58.0 Å². The third-order valence-corrected chi connectivity index (χ3v) is 3.13. The maximum Gasteiger partial charge on any atom is 0.0701 e. The number of anilines is 1. The molecule has 0 aliphatic heterocycles. The normalized spacial score (nSPS) is 10.8. The molecular weight excluding hydrogens is 304 g/mol. The van der Waals surface area contributed by atoms with E-state index in [9.17, 15) is 0 Å². The zero-order chi connectivity index (χ0) is 15.9. The molecular formula is C16H27ClN2O3. The van der Waals surface area contributed by atoms with Crippen molar-refractivity contribution in [2.24, 2.45) is 5.73 Å². The Kier molecular flexibility index (Phi) is 12.0. The van der Waals surface area contributed by atoms with Gasteiger partial charge >= 0.3 is 0 Å². The van der Waals surface area contributed by atoms with Gasteiger partial charge in [-0.3, -0.25) is 0 Å². The summed E-state index contributed by atoms with van der Waals surface area (Å²) >= 11 is 5.83. The number of hydrogen-bond donors (Lipinski definition) is 2. The molecule has 1 aromatic rings. The fourth-order valence-corrected chi connectivity index (χ4v) is 1.83. The second kappa shape index (κ2) is 13.8. The van der Waals surface area contributed by atoms with Crippen LogP contribution in [0, 0.1) is 0 Å². The van der Waals surface area contributed by atoms with Crippen molar-refractivity contribution in [3.63, 3.8) is 0 Å². The van der Waals surface area contributed by atoms with E-state index in [1.807, 2.05) is 24.3 Å². The summed E-state index contributed by atoms with van der Waals surface area (Å²) in [6.07, 6.45) is 1.85. The van der Waals surface area contributed by atoms with Crippen molar-refractivity contribution >= 4 is 17.3 Å². The van der Waals surface area contributed by atoms with Gasteiger partial charge in [-0.25, -0.2) is 0 Å². The molecule has 6 heteroatoms. The van der Waals surface area contributed by atoms with E-state index in [0.717, 1.165) is 36.7 Å². The largest absolute Gasteiger partial charge is 0.385 e. The molecule has 0 atom stereocenters. The second-order valence-corrected chi connectivity index (χ2v) is 5.20. The van der Waals surface area contributed by atoms with Crippen LogP contribution in [-0.4, -0.2) is 52.7 Å². The Morgan fingerprint density at radius 1 is 0.818 bits per heavy atom. The van der Waals surface area contributed by atoms with Crippen LogP contribution in [0.5, 0.6) is 0 Å². The van der Waals surface area contributed by atoms with Gasteiger partial charge in [-0.15, -0.1) is 0 Å². The molecule has 22 heavy (non-hydrogen) atoms. The summed E-state index contributed by atoms with van der Waals surface area (Å²) in [5, 5.41) is 4.06. The lowest BCUT2D eigenvalue weighted by Gasteiger charge is -2.08. The minimum absolute atomic E-state index is 0.602. The van der Waals surface area contributed by atoms with Crippen molar-refractivity contribution < 1.29 is 14.2 Å². The van der Waals surface area contributed by atoms with Gasteiger partial charge in [0, 0.05) is 30.5 Å². The molecule has 0 unspecified atom stereocenters. The van der Waals surface area contributed by atoms with Crippen LogP contribution in [0.1, 0.15) is 12.8 Å². The number of nitrogens with one attached hydrogen (secondary N) is 1. The quantitative estimate of drug-likeness (QED) is 0.513. The van der Waals surface area contributed by atoms with Crippen LogP contribution in [-0.2, 0) is 14.2 Å². The van der Waals surface area contributed by atoms with Crippen molar-refractivity contribution in [3.8, 4) is 0 Å². The van der Waals surface area contributed by atoms with E-state index in [1.54, 1.807) is 0 Å². The molecule has 0 spiro atoms. The molecule has 0 fully saturated rings. The number of rotatable bonds is 14. The van der Waals surface area contributed by atoms with Crippen LogP contribution in [0.25, 0.3) is 0 Å². The first-order valence-electron chi connectivity index (χ1n) is 7.75. The van der Waals surface area contributed by atoms with Gasteiger partial charge in [0.1, 0.15) is 0 Å². The molecule has 0 heterocycles. The molecule has 0 saturated carbocycles. The molecule has 0 radical (unpaired) electrons. The van der Waals surface area contributed by atoms with Crippen LogP contribution in [0.15, 0.2) is 24.3 Å². The first-order chi connectivity index (χ1) is 10.8. The number of ether oxygens (including phenoxy) is 3. The van der Waals surface area contributed by atoms with E-state index in [-0.39, 0.29) is 0 Å². The summed E-state index contributed by atoms with van der Waals surface area (Å²) < 4.78 is 16.2. The summed E-state index contributed by atoms with van der Waals surface area (Å²) in [4.78, 5) is 0. The lowest BCUT2D eigenvalue weighted by molar-refractivity contribution is 0.0144. The van der Waals surface area contributed by atoms with Gasteiger partial charge in [0.15, 0.2) is 0 Å². The van der Waals surface area contributed by atoms with E-state index in [0.29, 0.717) is 39.6 Å². The van der Waals surface area contributed by atoms with Gasteiger partial charge < -0.3 is 25.3 Å². The van der Waals surface area contributed by atoms with Gasteiger partial charge in [0.25, 0.3) is 0 Å². The topological polar surface area (TPSA) is 65.7 Å². The van der Waals surface area contributed by atoms with E-state index in [2.05, 4.69) is 5.32 Å². The highest BCUT2D eigenvalue weighted by atomic mass is 35.5. The van der Waals surface area contributed by atoms with Crippen LogP contribution in [0.4, 0.5) is 5.69 Å². The number of benzene rings is 1. The summed E-state index contributed by atoms with van der Waals surface area (Å²) in [5.74, 6) is 0. The molecule has 1 aromatic carbocycles. The van der Waals surface area contributed by atoms with Gasteiger partial charge in [-0.05, 0) is 43.7 Å².